The first-order valence-corrected chi connectivity index (χ1v) is 6.34. The molecule has 0 unspecified atom stereocenters. The number of rotatable bonds is 8. The van der Waals surface area contributed by atoms with Crippen LogP contribution in [-0.2, 0) is 11.3 Å². The maximum absolute atomic E-state index is 13.5. The molecule has 0 aliphatic heterocycles. The van der Waals surface area contributed by atoms with E-state index in [2.05, 4.69) is 0 Å². The Balaban J connectivity index is 2.96. The third-order valence-corrected chi connectivity index (χ3v) is 2.95. The van der Waals surface area contributed by atoms with Gasteiger partial charge in [0.2, 0.25) is 0 Å². The van der Waals surface area contributed by atoms with Crippen LogP contribution in [0.2, 0.25) is 0 Å². The average Bonchev–Trinajstić information content (AvgIpc) is 2.39. The van der Waals surface area contributed by atoms with Crippen molar-refractivity contribution in [3.63, 3.8) is 0 Å². The van der Waals surface area contributed by atoms with E-state index in [0.717, 1.165) is 6.07 Å². The predicted molar refractivity (Wildman–Crippen MR) is 72.3 cm³/mol. The molecule has 0 saturated heterocycles. The molecule has 0 spiro atoms. The molecular weight excluding hydrogens is 265 g/mol. The van der Waals surface area contributed by atoms with E-state index in [9.17, 15) is 14.3 Å². The highest BCUT2D eigenvalue weighted by molar-refractivity contribution is 5.97. The Kier molecular flexibility index (Phi) is 6.57. The molecule has 1 aromatic rings. The molecule has 2 N–H and O–H groups in total. The lowest BCUT2D eigenvalue weighted by Crippen LogP contribution is -2.30. The Hall–Kier alpha value is -1.50. The van der Waals surface area contributed by atoms with Gasteiger partial charge in [0.15, 0.2) is 5.78 Å². The summed E-state index contributed by atoms with van der Waals surface area (Å²) in [6, 6.07) is 2.21. The van der Waals surface area contributed by atoms with Gasteiger partial charge in [-0.15, -0.1) is 0 Å². The van der Waals surface area contributed by atoms with Crippen LogP contribution in [0.4, 0.5) is 4.39 Å². The number of carbonyl (C=O) groups excluding carboxylic acids is 1. The number of Topliss-reactive ketones (excluding diaryl/α,β-unsaturated/α-hetero) is 1. The predicted octanol–water partition coefficient (Wildman–Crippen LogP) is 1.17. The Bertz CT molecular complexity index is 465. The Morgan fingerprint density at radius 1 is 1.40 bits per heavy atom. The largest absolute Gasteiger partial charge is 0.507 e. The summed E-state index contributed by atoms with van der Waals surface area (Å²) in [6.07, 6.45) is 0. The van der Waals surface area contributed by atoms with E-state index >= 15 is 0 Å². The van der Waals surface area contributed by atoms with Crippen LogP contribution in [0.15, 0.2) is 12.1 Å². The summed E-state index contributed by atoms with van der Waals surface area (Å²) in [5.74, 6) is -1.17. The summed E-state index contributed by atoms with van der Waals surface area (Å²) in [4.78, 5) is 13.2. The van der Waals surface area contributed by atoms with Crippen molar-refractivity contribution in [3.8, 4) is 5.75 Å². The van der Waals surface area contributed by atoms with Crippen LogP contribution >= 0.6 is 0 Å². The standard InChI is InChI=1S/C14H20FNO4/c1-10(18)13-8-12(15)7-11(14(13)19)9-16(3-5-17)4-6-20-2/h7-8,17,19H,3-6,9H2,1-2H3. The topological polar surface area (TPSA) is 70.0 Å². The van der Waals surface area contributed by atoms with E-state index in [4.69, 9.17) is 9.84 Å². The number of hydrogen-bond acceptors (Lipinski definition) is 5. The van der Waals surface area contributed by atoms with Crippen LogP contribution in [0.5, 0.6) is 5.75 Å². The van der Waals surface area contributed by atoms with Gasteiger partial charge in [-0.05, 0) is 19.1 Å². The van der Waals surface area contributed by atoms with Gasteiger partial charge in [-0.25, -0.2) is 4.39 Å². The molecule has 5 nitrogen and oxygen atoms in total. The molecule has 20 heavy (non-hydrogen) atoms. The average molecular weight is 285 g/mol. The molecule has 0 aliphatic carbocycles. The van der Waals surface area contributed by atoms with Gasteiger partial charge in [0, 0.05) is 32.3 Å². The van der Waals surface area contributed by atoms with Crippen LogP contribution < -0.4 is 0 Å². The molecule has 0 radical (unpaired) electrons. The quantitative estimate of drug-likeness (QED) is 0.702. The van der Waals surface area contributed by atoms with Crippen molar-refractivity contribution in [3.05, 3.63) is 29.1 Å². The molecule has 0 aromatic heterocycles. The minimum atomic E-state index is -0.571. The summed E-state index contributed by atoms with van der Waals surface area (Å²) >= 11 is 0. The van der Waals surface area contributed by atoms with Gasteiger partial charge in [-0.1, -0.05) is 0 Å². The highest BCUT2D eigenvalue weighted by Gasteiger charge is 2.16. The molecule has 0 fully saturated rings. The first-order valence-electron chi connectivity index (χ1n) is 6.34. The van der Waals surface area contributed by atoms with Crippen molar-refractivity contribution in [1.82, 2.24) is 4.90 Å². The van der Waals surface area contributed by atoms with E-state index in [1.807, 2.05) is 4.90 Å². The second kappa shape index (κ2) is 7.94. The number of nitrogens with zero attached hydrogens (tertiary/aromatic N) is 1. The second-order valence-electron chi connectivity index (χ2n) is 4.51. The first-order chi connectivity index (χ1) is 9.49. The van der Waals surface area contributed by atoms with E-state index < -0.39 is 11.6 Å². The highest BCUT2D eigenvalue weighted by Crippen LogP contribution is 2.26. The van der Waals surface area contributed by atoms with Gasteiger partial charge in [0.25, 0.3) is 0 Å². The van der Waals surface area contributed by atoms with Crippen LogP contribution in [-0.4, -0.2) is 54.3 Å². The number of carbonyl (C=O) groups is 1. The smallest absolute Gasteiger partial charge is 0.163 e. The number of methoxy groups -OCH3 is 1. The van der Waals surface area contributed by atoms with Crippen molar-refractivity contribution < 1.29 is 24.1 Å². The van der Waals surface area contributed by atoms with Crippen molar-refractivity contribution >= 4 is 5.78 Å². The Labute approximate surface area is 117 Å². The lowest BCUT2D eigenvalue weighted by atomic mass is 10.0. The van der Waals surface area contributed by atoms with Crippen LogP contribution in [0.3, 0.4) is 0 Å². The number of hydrogen-bond donors (Lipinski definition) is 2. The number of ketones is 1. The Morgan fingerprint density at radius 2 is 2.10 bits per heavy atom. The lowest BCUT2D eigenvalue weighted by molar-refractivity contribution is 0.101. The summed E-state index contributed by atoms with van der Waals surface area (Å²) in [7, 11) is 1.56. The van der Waals surface area contributed by atoms with Gasteiger partial charge < -0.3 is 14.9 Å². The molecule has 0 aliphatic rings. The summed E-state index contributed by atoms with van der Waals surface area (Å²) in [6.45, 7) is 2.80. The van der Waals surface area contributed by atoms with Crippen molar-refractivity contribution in [2.45, 2.75) is 13.5 Å². The van der Waals surface area contributed by atoms with Gasteiger partial charge in [0.1, 0.15) is 11.6 Å². The molecule has 0 saturated carbocycles. The van der Waals surface area contributed by atoms with Gasteiger partial charge in [-0.3, -0.25) is 9.69 Å². The molecule has 112 valence electrons. The highest BCUT2D eigenvalue weighted by atomic mass is 19.1. The zero-order valence-electron chi connectivity index (χ0n) is 11.7. The van der Waals surface area contributed by atoms with E-state index in [-0.39, 0.29) is 24.5 Å². The number of phenolic OH excluding ortho intramolecular Hbond substituents is 1. The molecule has 0 heterocycles. The third kappa shape index (κ3) is 4.56. The minimum Gasteiger partial charge on any atom is -0.507 e. The van der Waals surface area contributed by atoms with E-state index in [0.29, 0.717) is 25.3 Å². The molecule has 6 heteroatoms. The molecule has 1 aromatic carbocycles. The van der Waals surface area contributed by atoms with Crippen molar-refractivity contribution in [2.24, 2.45) is 0 Å². The van der Waals surface area contributed by atoms with Gasteiger partial charge in [-0.2, -0.15) is 0 Å². The molecule has 1 rings (SSSR count). The zero-order valence-corrected chi connectivity index (χ0v) is 11.7. The summed E-state index contributed by atoms with van der Waals surface area (Å²) < 4.78 is 18.5. The number of aliphatic hydroxyl groups excluding tert-OH is 1. The van der Waals surface area contributed by atoms with Gasteiger partial charge >= 0.3 is 0 Å². The van der Waals surface area contributed by atoms with Gasteiger partial charge in [0.05, 0.1) is 18.8 Å². The van der Waals surface area contributed by atoms with E-state index in [1.165, 1.54) is 13.0 Å². The molecular formula is C14H20FNO4. The maximum atomic E-state index is 13.5. The lowest BCUT2D eigenvalue weighted by Gasteiger charge is -2.22. The summed E-state index contributed by atoms with van der Waals surface area (Å²) in [5, 5.41) is 19.0. The maximum Gasteiger partial charge on any atom is 0.163 e. The fourth-order valence-corrected chi connectivity index (χ4v) is 1.92. The second-order valence-corrected chi connectivity index (χ2v) is 4.51. The van der Waals surface area contributed by atoms with E-state index in [1.54, 1.807) is 7.11 Å². The monoisotopic (exact) mass is 285 g/mol. The van der Waals surface area contributed by atoms with Crippen LogP contribution in [0.25, 0.3) is 0 Å². The van der Waals surface area contributed by atoms with Crippen LogP contribution in [0, 0.1) is 5.82 Å². The summed E-state index contributed by atoms with van der Waals surface area (Å²) in [5.41, 5.74) is 0.287. The molecule has 0 atom stereocenters. The molecule has 0 amide bonds. The number of benzene rings is 1. The van der Waals surface area contributed by atoms with Crippen LogP contribution in [0.1, 0.15) is 22.8 Å². The van der Waals surface area contributed by atoms with Crippen molar-refractivity contribution in [1.29, 1.82) is 0 Å². The number of aliphatic hydroxyl groups is 1. The molecule has 0 bridgehead atoms. The number of ether oxygens (including phenoxy) is 1. The SMILES string of the molecule is COCCN(CCO)Cc1cc(F)cc(C(C)=O)c1O. The fraction of sp³-hybridized carbons (Fsp3) is 0.500. The number of phenols is 1. The third-order valence-electron chi connectivity index (χ3n) is 2.95. The number of halogens is 1. The minimum absolute atomic E-state index is 0.0318. The fourth-order valence-electron chi connectivity index (χ4n) is 1.92. The Morgan fingerprint density at radius 3 is 2.65 bits per heavy atom. The normalized spacial score (nSPS) is 11.1. The zero-order chi connectivity index (χ0) is 15.1. The first kappa shape index (κ1) is 16.6. The number of aromatic hydroxyl groups is 1. The van der Waals surface area contributed by atoms with Crippen molar-refractivity contribution in [2.75, 3.05) is 33.4 Å².